The van der Waals surface area contributed by atoms with Crippen LogP contribution < -0.4 is 11.1 Å². The van der Waals surface area contributed by atoms with Crippen LogP contribution in [0.1, 0.15) is 35.0 Å². The standard InChI is InChI=1S/C13H14BrN3O2/c1-7-6-16-13(19-7)8(2)17-12(18)10-5-9(15)3-4-11(10)14/h3-6,8H,15H2,1-2H3,(H,17,18). The number of aromatic nitrogens is 1. The van der Waals surface area contributed by atoms with Crippen molar-refractivity contribution in [3.05, 3.63) is 46.1 Å². The molecule has 1 heterocycles. The Morgan fingerprint density at radius 1 is 1.53 bits per heavy atom. The zero-order chi connectivity index (χ0) is 14.0. The molecule has 19 heavy (non-hydrogen) atoms. The van der Waals surface area contributed by atoms with Gasteiger partial charge in [0.2, 0.25) is 5.89 Å². The summed E-state index contributed by atoms with van der Waals surface area (Å²) in [7, 11) is 0. The molecule has 0 aliphatic carbocycles. The number of carbonyl (C=O) groups excluding carboxylic acids is 1. The Morgan fingerprint density at radius 2 is 2.26 bits per heavy atom. The summed E-state index contributed by atoms with van der Waals surface area (Å²) in [6.45, 7) is 3.61. The fourth-order valence-electron chi connectivity index (χ4n) is 1.63. The molecule has 0 spiro atoms. The van der Waals surface area contributed by atoms with Crippen LogP contribution in [-0.4, -0.2) is 10.9 Å². The summed E-state index contributed by atoms with van der Waals surface area (Å²) < 4.78 is 6.06. The second-order valence-corrected chi connectivity index (χ2v) is 5.10. The van der Waals surface area contributed by atoms with Crippen molar-refractivity contribution >= 4 is 27.5 Å². The first-order chi connectivity index (χ1) is 8.97. The molecule has 1 atom stereocenters. The number of rotatable bonds is 3. The largest absolute Gasteiger partial charge is 0.444 e. The second kappa shape index (κ2) is 5.44. The van der Waals surface area contributed by atoms with Gasteiger partial charge in [0.25, 0.3) is 5.91 Å². The third kappa shape index (κ3) is 3.14. The number of anilines is 1. The van der Waals surface area contributed by atoms with Gasteiger partial charge in [-0.05, 0) is 48.0 Å². The fraction of sp³-hybridized carbons (Fsp3) is 0.231. The molecular formula is C13H14BrN3O2. The Bertz CT molecular complexity index is 610. The van der Waals surface area contributed by atoms with E-state index in [1.54, 1.807) is 31.3 Å². The van der Waals surface area contributed by atoms with Crippen molar-refractivity contribution in [2.75, 3.05) is 5.73 Å². The van der Waals surface area contributed by atoms with Crippen molar-refractivity contribution in [3.63, 3.8) is 0 Å². The lowest BCUT2D eigenvalue weighted by molar-refractivity contribution is 0.0933. The zero-order valence-corrected chi connectivity index (χ0v) is 12.2. The van der Waals surface area contributed by atoms with Crippen molar-refractivity contribution < 1.29 is 9.21 Å². The quantitative estimate of drug-likeness (QED) is 0.851. The van der Waals surface area contributed by atoms with Crippen LogP contribution in [0.3, 0.4) is 0 Å². The highest BCUT2D eigenvalue weighted by molar-refractivity contribution is 9.10. The number of carbonyl (C=O) groups is 1. The van der Waals surface area contributed by atoms with E-state index in [2.05, 4.69) is 26.2 Å². The number of amides is 1. The van der Waals surface area contributed by atoms with Crippen LogP contribution in [0.25, 0.3) is 0 Å². The van der Waals surface area contributed by atoms with Gasteiger partial charge in [-0.2, -0.15) is 0 Å². The van der Waals surface area contributed by atoms with Gasteiger partial charge in [-0.15, -0.1) is 0 Å². The van der Waals surface area contributed by atoms with Crippen LogP contribution in [0, 0.1) is 6.92 Å². The fourth-order valence-corrected chi connectivity index (χ4v) is 2.05. The highest BCUT2D eigenvalue weighted by Crippen LogP contribution is 2.21. The molecular weight excluding hydrogens is 310 g/mol. The minimum atomic E-state index is -0.311. The smallest absolute Gasteiger partial charge is 0.253 e. The molecule has 100 valence electrons. The molecule has 1 aromatic carbocycles. The first kappa shape index (κ1) is 13.6. The Morgan fingerprint density at radius 3 is 2.89 bits per heavy atom. The SMILES string of the molecule is Cc1cnc(C(C)NC(=O)c2cc(N)ccc2Br)o1. The van der Waals surface area contributed by atoms with Gasteiger partial charge in [0.05, 0.1) is 11.8 Å². The molecule has 0 radical (unpaired) electrons. The summed E-state index contributed by atoms with van der Waals surface area (Å²) >= 11 is 3.33. The summed E-state index contributed by atoms with van der Waals surface area (Å²) in [5.74, 6) is 0.953. The lowest BCUT2D eigenvalue weighted by atomic mass is 10.2. The molecule has 0 saturated heterocycles. The zero-order valence-electron chi connectivity index (χ0n) is 10.6. The van der Waals surface area contributed by atoms with E-state index in [-0.39, 0.29) is 11.9 Å². The van der Waals surface area contributed by atoms with Gasteiger partial charge in [0, 0.05) is 10.2 Å². The lowest BCUT2D eigenvalue weighted by Gasteiger charge is -2.11. The van der Waals surface area contributed by atoms with E-state index in [0.717, 1.165) is 0 Å². The van der Waals surface area contributed by atoms with Crippen molar-refractivity contribution in [1.29, 1.82) is 0 Å². The number of nitrogen functional groups attached to an aromatic ring is 1. The van der Waals surface area contributed by atoms with E-state index in [4.69, 9.17) is 10.2 Å². The number of benzene rings is 1. The normalized spacial score (nSPS) is 12.2. The molecule has 0 bridgehead atoms. The number of nitrogens with one attached hydrogen (secondary N) is 1. The van der Waals surface area contributed by atoms with E-state index in [9.17, 15) is 4.79 Å². The molecule has 0 saturated carbocycles. The Balaban J connectivity index is 2.15. The number of hydrogen-bond donors (Lipinski definition) is 2. The maximum absolute atomic E-state index is 12.1. The number of aryl methyl sites for hydroxylation is 1. The summed E-state index contributed by atoms with van der Waals surface area (Å²) in [5.41, 5.74) is 6.70. The van der Waals surface area contributed by atoms with Crippen molar-refractivity contribution in [2.45, 2.75) is 19.9 Å². The molecule has 1 amide bonds. The molecule has 2 aromatic rings. The van der Waals surface area contributed by atoms with E-state index < -0.39 is 0 Å². The average molecular weight is 324 g/mol. The second-order valence-electron chi connectivity index (χ2n) is 4.24. The van der Waals surface area contributed by atoms with Gasteiger partial charge >= 0.3 is 0 Å². The number of hydrogen-bond acceptors (Lipinski definition) is 4. The predicted molar refractivity (Wildman–Crippen MR) is 75.7 cm³/mol. The Kier molecular flexibility index (Phi) is 3.90. The molecule has 2 rings (SSSR count). The molecule has 5 nitrogen and oxygen atoms in total. The summed E-state index contributed by atoms with van der Waals surface area (Å²) in [6.07, 6.45) is 1.62. The predicted octanol–water partition coefficient (Wildman–Crippen LogP) is 2.82. The molecule has 0 aliphatic heterocycles. The third-order valence-electron chi connectivity index (χ3n) is 2.59. The van der Waals surface area contributed by atoms with Gasteiger partial charge in [0.1, 0.15) is 11.8 Å². The van der Waals surface area contributed by atoms with Crippen molar-refractivity contribution in [1.82, 2.24) is 10.3 Å². The van der Waals surface area contributed by atoms with Gasteiger partial charge in [0.15, 0.2) is 0 Å². The van der Waals surface area contributed by atoms with Crippen LogP contribution in [0.4, 0.5) is 5.69 Å². The number of nitrogens with zero attached hydrogens (tertiary/aromatic N) is 1. The van der Waals surface area contributed by atoms with Crippen LogP contribution in [0.2, 0.25) is 0 Å². The molecule has 0 aliphatic rings. The molecule has 0 fully saturated rings. The maximum atomic E-state index is 12.1. The first-order valence-electron chi connectivity index (χ1n) is 5.75. The van der Waals surface area contributed by atoms with Gasteiger partial charge in [-0.3, -0.25) is 4.79 Å². The van der Waals surface area contributed by atoms with E-state index in [0.29, 0.717) is 27.4 Å². The van der Waals surface area contributed by atoms with E-state index >= 15 is 0 Å². The van der Waals surface area contributed by atoms with Crippen molar-refractivity contribution in [2.24, 2.45) is 0 Å². The summed E-state index contributed by atoms with van der Waals surface area (Å²) in [6, 6.07) is 4.77. The Labute approximate surface area is 119 Å². The third-order valence-corrected chi connectivity index (χ3v) is 3.28. The number of nitrogens with two attached hydrogens (primary N) is 1. The van der Waals surface area contributed by atoms with Crippen LogP contribution >= 0.6 is 15.9 Å². The van der Waals surface area contributed by atoms with Gasteiger partial charge in [-0.1, -0.05) is 0 Å². The highest BCUT2D eigenvalue weighted by atomic mass is 79.9. The Hall–Kier alpha value is -1.82. The van der Waals surface area contributed by atoms with Crippen LogP contribution in [0.5, 0.6) is 0 Å². The average Bonchev–Trinajstić information content (AvgIpc) is 2.79. The van der Waals surface area contributed by atoms with Crippen LogP contribution in [0.15, 0.2) is 33.3 Å². The maximum Gasteiger partial charge on any atom is 0.253 e. The lowest BCUT2D eigenvalue weighted by Crippen LogP contribution is -2.27. The minimum absolute atomic E-state index is 0.234. The van der Waals surface area contributed by atoms with Gasteiger partial charge in [-0.25, -0.2) is 4.98 Å². The monoisotopic (exact) mass is 323 g/mol. The van der Waals surface area contributed by atoms with E-state index in [1.807, 2.05) is 6.92 Å². The summed E-state index contributed by atoms with van der Waals surface area (Å²) in [4.78, 5) is 16.2. The molecule has 3 N–H and O–H groups in total. The highest BCUT2D eigenvalue weighted by Gasteiger charge is 2.17. The van der Waals surface area contributed by atoms with E-state index in [1.165, 1.54) is 0 Å². The molecule has 6 heteroatoms. The molecule has 1 aromatic heterocycles. The number of halogens is 1. The number of oxazole rings is 1. The van der Waals surface area contributed by atoms with Crippen LogP contribution in [-0.2, 0) is 0 Å². The summed E-state index contributed by atoms with van der Waals surface area (Å²) in [5, 5.41) is 2.81. The minimum Gasteiger partial charge on any atom is -0.444 e. The topological polar surface area (TPSA) is 81.2 Å². The van der Waals surface area contributed by atoms with Gasteiger partial charge < -0.3 is 15.5 Å². The molecule has 1 unspecified atom stereocenters. The van der Waals surface area contributed by atoms with Crippen molar-refractivity contribution in [3.8, 4) is 0 Å². The first-order valence-corrected chi connectivity index (χ1v) is 6.55.